The zero-order valence-corrected chi connectivity index (χ0v) is 12.9. The molecule has 5 heteroatoms. The number of benzene rings is 1. The Kier molecular flexibility index (Phi) is 3.69. The normalized spacial score (nSPS) is 14.9. The molecule has 1 saturated carbocycles. The summed E-state index contributed by atoms with van der Waals surface area (Å²) in [7, 11) is 1.94. The highest BCUT2D eigenvalue weighted by Crippen LogP contribution is 2.44. The maximum Gasteiger partial charge on any atom is 0.125 e. The molecule has 100 valence electrons. The number of nitrogens with zero attached hydrogens (tertiary/aromatic N) is 1. The van der Waals surface area contributed by atoms with Crippen LogP contribution in [0.1, 0.15) is 29.3 Å². The van der Waals surface area contributed by atoms with Crippen LogP contribution in [0.5, 0.6) is 0 Å². The Morgan fingerprint density at radius 2 is 2.21 bits per heavy atom. The molecule has 0 saturated heterocycles. The Bertz CT molecular complexity index is 587. The molecule has 2 aromatic rings. The van der Waals surface area contributed by atoms with E-state index in [0.717, 1.165) is 21.6 Å². The Balaban J connectivity index is 2.02. The molecule has 1 aliphatic carbocycles. The second kappa shape index (κ2) is 5.31. The number of halogens is 2. The molecule has 3 rings (SSSR count). The third kappa shape index (κ3) is 2.88. The summed E-state index contributed by atoms with van der Waals surface area (Å²) in [5.41, 5.74) is 2.05. The molecule has 0 atom stereocenters. The minimum Gasteiger partial charge on any atom is -0.315 e. The summed E-state index contributed by atoms with van der Waals surface area (Å²) in [6.07, 6.45) is 2.46. The average molecular weight is 341 g/mol. The van der Waals surface area contributed by atoms with Crippen molar-refractivity contribution in [2.24, 2.45) is 0 Å². The van der Waals surface area contributed by atoms with Gasteiger partial charge in [-0.3, -0.25) is 0 Å². The molecule has 0 unspecified atom stereocenters. The lowest BCUT2D eigenvalue weighted by Crippen LogP contribution is -2.05. The second-order valence-electron chi connectivity index (χ2n) is 4.79. The number of hydrogen-bond acceptors (Lipinski definition) is 3. The van der Waals surface area contributed by atoms with Gasteiger partial charge in [-0.2, -0.15) is 0 Å². The van der Waals surface area contributed by atoms with Crippen LogP contribution in [-0.4, -0.2) is 12.0 Å². The van der Waals surface area contributed by atoms with E-state index in [1.54, 1.807) is 17.4 Å². The Morgan fingerprint density at radius 1 is 1.42 bits per heavy atom. The van der Waals surface area contributed by atoms with Gasteiger partial charge in [0.05, 0.1) is 5.69 Å². The van der Waals surface area contributed by atoms with Crippen molar-refractivity contribution in [3.63, 3.8) is 0 Å². The predicted octanol–water partition coefficient (Wildman–Crippen LogP) is 4.31. The Morgan fingerprint density at radius 3 is 2.84 bits per heavy atom. The van der Waals surface area contributed by atoms with E-state index in [9.17, 15) is 4.39 Å². The molecule has 0 aliphatic heterocycles. The summed E-state index contributed by atoms with van der Waals surface area (Å²) in [5, 5.41) is 4.09. The van der Waals surface area contributed by atoms with Gasteiger partial charge in [-0.25, -0.2) is 9.37 Å². The third-order valence-corrected chi connectivity index (χ3v) is 4.72. The minimum atomic E-state index is -0.234. The van der Waals surface area contributed by atoms with Crippen molar-refractivity contribution in [3.05, 3.63) is 39.1 Å². The smallest absolute Gasteiger partial charge is 0.125 e. The van der Waals surface area contributed by atoms with Gasteiger partial charge in [0.2, 0.25) is 0 Å². The summed E-state index contributed by atoms with van der Waals surface area (Å²) in [6, 6.07) is 4.93. The fourth-order valence-corrected chi connectivity index (χ4v) is 3.74. The van der Waals surface area contributed by atoms with E-state index in [0.29, 0.717) is 5.92 Å². The van der Waals surface area contributed by atoms with E-state index in [-0.39, 0.29) is 5.82 Å². The molecule has 1 fully saturated rings. The summed E-state index contributed by atoms with van der Waals surface area (Å²) in [4.78, 5) is 6.01. The van der Waals surface area contributed by atoms with Crippen LogP contribution in [0.2, 0.25) is 0 Å². The van der Waals surface area contributed by atoms with Crippen LogP contribution in [-0.2, 0) is 6.54 Å². The van der Waals surface area contributed by atoms with Crippen molar-refractivity contribution in [2.45, 2.75) is 25.3 Å². The lowest BCUT2D eigenvalue weighted by molar-refractivity contribution is 0.627. The molecule has 0 spiro atoms. The molecule has 1 aliphatic rings. The summed E-state index contributed by atoms with van der Waals surface area (Å²) in [5.74, 6) is 0.382. The highest BCUT2D eigenvalue weighted by molar-refractivity contribution is 9.10. The van der Waals surface area contributed by atoms with Crippen LogP contribution in [0, 0.1) is 5.82 Å². The van der Waals surface area contributed by atoms with Crippen molar-refractivity contribution < 1.29 is 4.39 Å². The van der Waals surface area contributed by atoms with Crippen LogP contribution in [0.4, 0.5) is 4.39 Å². The molecule has 1 heterocycles. The van der Waals surface area contributed by atoms with E-state index >= 15 is 0 Å². The second-order valence-corrected chi connectivity index (χ2v) is 6.79. The first kappa shape index (κ1) is 13.2. The van der Waals surface area contributed by atoms with E-state index in [1.807, 2.05) is 13.1 Å². The lowest BCUT2D eigenvalue weighted by atomic mass is 10.2. The first-order chi connectivity index (χ1) is 9.17. The van der Waals surface area contributed by atoms with Crippen LogP contribution in [0.15, 0.2) is 22.7 Å². The SMILES string of the molecule is CNCc1sc(-c2cc(F)cc(Br)c2)nc1C1CC1. The first-order valence-corrected chi connectivity index (χ1v) is 7.89. The van der Waals surface area contributed by atoms with Gasteiger partial charge in [-0.1, -0.05) is 15.9 Å². The number of thiazole rings is 1. The average Bonchev–Trinajstić information content (AvgIpc) is 3.10. The molecule has 0 amide bonds. The molecule has 1 aromatic heterocycles. The van der Waals surface area contributed by atoms with Crippen LogP contribution < -0.4 is 5.32 Å². The van der Waals surface area contributed by atoms with E-state index in [4.69, 9.17) is 4.98 Å². The number of aromatic nitrogens is 1. The van der Waals surface area contributed by atoms with Gasteiger partial charge < -0.3 is 5.32 Å². The third-order valence-electron chi connectivity index (χ3n) is 3.14. The summed E-state index contributed by atoms with van der Waals surface area (Å²) < 4.78 is 14.2. The monoisotopic (exact) mass is 340 g/mol. The van der Waals surface area contributed by atoms with Crippen molar-refractivity contribution >= 4 is 27.3 Å². The van der Waals surface area contributed by atoms with Crippen molar-refractivity contribution in [3.8, 4) is 10.6 Å². The standard InChI is InChI=1S/C14H14BrFN2S/c1-17-7-12-13(8-2-3-8)18-14(19-12)9-4-10(15)6-11(16)5-9/h4-6,8,17H,2-3,7H2,1H3. The Hall–Kier alpha value is -0.780. The molecule has 0 radical (unpaired) electrons. The van der Waals surface area contributed by atoms with Gasteiger partial charge in [0.1, 0.15) is 10.8 Å². The van der Waals surface area contributed by atoms with Crippen molar-refractivity contribution in [1.82, 2.24) is 10.3 Å². The van der Waals surface area contributed by atoms with E-state index in [2.05, 4.69) is 21.2 Å². The maximum absolute atomic E-state index is 13.5. The van der Waals surface area contributed by atoms with Crippen LogP contribution in [0.3, 0.4) is 0 Å². The molecule has 2 nitrogen and oxygen atoms in total. The zero-order chi connectivity index (χ0) is 13.4. The zero-order valence-electron chi connectivity index (χ0n) is 10.5. The van der Waals surface area contributed by atoms with Gasteiger partial charge in [0.15, 0.2) is 0 Å². The van der Waals surface area contributed by atoms with Crippen LogP contribution in [0.25, 0.3) is 10.6 Å². The highest BCUT2D eigenvalue weighted by atomic mass is 79.9. The van der Waals surface area contributed by atoms with Crippen LogP contribution >= 0.6 is 27.3 Å². The summed E-state index contributed by atoms with van der Waals surface area (Å²) in [6.45, 7) is 0.833. The van der Waals surface area contributed by atoms with Gasteiger partial charge in [0, 0.05) is 27.4 Å². The minimum absolute atomic E-state index is 0.234. The summed E-state index contributed by atoms with van der Waals surface area (Å²) >= 11 is 4.99. The van der Waals surface area contributed by atoms with Gasteiger partial charge in [-0.05, 0) is 38.1 Å². The Labute approximate surface area is 124 Å². The van der Waals surface area contributed by atoms with E-state index < -0.39 is 0 Å². The van der Waals surface area contributed by atoms with Crippen molar-refractivity contribution in [1.29, 1.82) is 0 Å². The lowest BCUT2D eigenvalue weighted by Gasteiger charge is -1.98. The number of hydrogen-bond donors (Lipinski definition) is 1. The molecule has 1 N–H and O–H groups in total. The van der Waals surface area contributed by atoms with Gasteiger partial charge >= 0.3 is 0 Å². The largest absolute Gasteiger partial charge is 0.315 e. The van der Waals surface area contributed by atoms with E-state index in [1.165, 1.54) is 29.5 Å². The first-order valence-electron chi connectivity index (χ1n) is 6.28. The number of rotatable bonds is 4. The quantitative estimate of drug-likeness (QED) is 0.896. The number of nitrogens with one attached hydrogen (secondary N) is 1. The molecular formula is C14H14BrFN2S. The molecule has 0 bridgehead atoms. The molecule has 1 aromatic carbocycles. The van der Waals surface area contributed by atoms with Crippen molar-refractivity contribution in [2.75, 3.05) is 7.05 Å². The fraction of sp³-hybridized carbons (Fsp3) is 0.357. The maximum atomic E-state index is 13.5. The highest BCUT2D eigenvalue weighted by Gasteiger charge is 2.29. The van der Waals surface area contributed by atoms with Gasteiger partial charge in [0.25, 0.3) is 0 Å². The fourth-order valence-electron chi connectivity index (χ4n) is 2.13. The molecule has 19 heavy (non-hydrogen) atoms. The topological polar surface area (TPSA) is 24.9 Å². The predicted molar refractivity (Wildman–Crippen MR) is 79.9 cm³/mol. The molecular weight excluding hydrogens is 327 g/mol. The van der Waals surface area contributed by atoms with Gasteiger partial charge in [-0.15, -0.1) is 11.3 Å².